The minimum atomic E-state index is -3.56. The molecule has 0 fully saturated rings. The summed E-state index contributed by atoms with van der Waals surface area (Å²) >= 11 is 0. The lowest BCUT2D eigenvalue weighted by Crippen LogP contribution is -2.44. The molecule has 5 nitrogen and oxygen atoms in total. The summed E-state index contributed by atoms with van der Waals surface area (Å²) in [5.74, 6) is 0. The summed E-state index contributed by atoms with van der Waals surface area (Å²) in [5.41, 5.74) is 1.87. The van der Waals surface area contributed by atoms with Gasteiger partial charge < -0.3 is 5.11 Å². The van der Waals surface area contributed by atoms with Crippen molar-refractivity contribution in [1.29, 1.82) is 0 Å². The first kappa shape index (κ1) is 14.5. The van der Waals surface area contributed by atoms with E-state index < -0.39 is 22.4 Å². The molecular formula is C13H20N2O3S. The largest absolute Gasteiger partial charge is 0.391 e. The molecule has 2 atom stereocenters. The second-order valence-electron chi connectivity index (χ2n) is 4.66. The van der Waals surface area contributed by atoms with Crippen LogP contribution in [0.4, 0.5) is 0 Å². The topological polar surface area (TPSA) is 69.6 Å². The summed E-state index contributed by atoms with van der Waals surface area (Å²) < 4.78 is 28.4. The van der Waals surface area contributed by atoms with Gasteiger partial charge in [-0.25, -0.2) is 0 Å². The number of nitrogens with zero attached hydrogens (tertiary/aromatic N) is 1. The van der Waals surface area contributed by atoms with Crippen LogP contribution >= 0.6 is 0 Å². The fraction of sp³-hybridized carbons (Fsp3) is 0.538. The van der Waals surface area contributed by atoms with E-state index in [2.05, 4.69) is 4.72 Å². The van der Waals surface area contributed by atoms with Crippen molar-refractivity contribution in [2.45, 2.75) is 32.4 Å². The van der Waals surface area contributed by atoms with Crippen LogP contribution in [0.3, 0.4) is 0 Å². The first-order valence-electron chi connectivity index (χ1n) is 6.52. The van der Waals surface area contributed by atoms with E-state index in [0.717, 1.165) is 11.1 Å². The molecule has 0 saturated carbocycles. The van der Waals surface area contributed by atoms with E-state index >= 15 is 0 Å². The van der Waals surface area contributed by atoms with E-state index in [4.69, 9.17) is 0 Å². The van der Waals surface area contributed by atoms with Gasteiger partial charge in [-0.05, 0) is 11.1 Å². The minimum absolute atomic E-state index is 0.413. The molecule has 106 valence electrons. The maximum Gasteiger partial charge on any atom is 0.280 e. The molecule has 0 saturated heterocycles. The zero-order valence-electron chi connectivity index (χ0n) is 11.2. The van der Waals surface area contributed by atoms with Crippen molar-refractivity contribution < 1.29 is 13.5 Å². The molecule has 2 N–H and O–H groups in total. The molecule has 6 heteroatoms. The number of hydrogen-bond acceptors (Lipinski definition) is 3. The van der Waals surface area contributed by atoms with Crippen LogP contribution in [0.1, 0.15) is 31.0 Å². The van der Waals surface area contributed by atoms with E-state index in [1.54, 1.807) is 13.8 Å². The highest BCUT2D eigenvalue weighted by Gasteiger charge is 2.35. The molecule has 1 aromatic rings. The number of rotatable bonds is 5. The van der Waals surface area contributed by atoms with Gasteiger partial charge in [0.2, 0.25) is 0 Å². The number of nitrogens with one attached hydrogen (secondary N) is 1. The van der Waals surface area contributed by atoms with E-state index in [-0.39, 0.29) is 0 Å². The number of benzene rings is 1. The molecule has 0 heterocycles. The molecular weight excluding hydrogens is 264 g/mol. The van der Waals surface area contributed by atoms with E-state index in [1.807, 2.05) is 24.3 Å². The Bertz CT molecular complexity index is 541. The van der Waals surface area contributed by atoms with Gasteiger partial charge in [0.25, 0.3) is 10.2 Å². The normalized spacial score (nSPS) is 22.7. The molecule has 1 aliphatic carbocycles. The van der Waals surface area contributed by atoms with Crippen LogP contribution in [-0.4, -0.2) is 37.0 Å². The van der Waals surface area contributed by atoms with Crippen LogP contribution in [0.15, 0.2) is 24.3 Å². The zero-order chi connectivity index (χ0) is 14.0. The van der Waals surface area contributed by atoms with Crippen LogP contribution in [0, 0.1) is 0 Å². The van der Waals surface area contributed by atoms with Crippen LogP contribution in [-0.2, 0) is 16.6 Å². The predicted molar refractivity (Wildman–Crippen MR) is 73.9 cm³/mol. The van der Waals surface area contributed by atoms with Gasteiger partial charge in [-0.1, -0.05) is 38.1 Å². The van der Waals surface area contributed by atoms with Gasteiger partial charge in [0.05, 0.1) is 12.1 Å². The van der Waals surface area contributed by atoms with Crippen molar-refractivity contribution in [3.63, 3.8) is 0 Å². The summed E-state index contributed by atoms with van der Waals surface area (Å²) in [5, 5.41) is 10.1. The molecule has 2 rings (SSSR count). The highest BCUT2D eigenvalue weighted by Crippen LogP contribution is 2.31. The van der Waals surface area contributed by atoms with E-state index in [9.17, 15) is 13.5 Å². The molecule has 0 unspecified atom stereocenters. The Morgan fingerprint density at radius 1 is 1.32 bits per heavy atom. The first-order chi connectivity index (χ1) is 8.99. The highest BCUT2D eigenvalue weighted by atomic mass is 32.2. The number of hydrogen-bond donors (Lipinski definition) is 2. The Morgan fingerprint density at radius 3 is 2.58 bits per heavy atom. The SMILES string of the molecule is CCN(CC)S(=O)(=O)N[C@@H]1c2ccccc2C[C@@H]1O. The van der Waals surface area contributed by atoms with Crippen molar-refractivity contribution >= 4 is 10.2 Å². The third-order valence-corrected chi connectivity index (χ3v) is 5.27. The Hall–Kier alpha value is -0.950. The third kappa shape index (κ3) is 2.81. The average Bonchev–Trinajstić information content (AvgIpc) is 2.67. The quantitative estimate of drug-likeness (QED) is 0.841. The Labute approximate surface area is 114 Å². The Balaban J connectivity index is 2.24. The second-order valence-corrected chi connectivity index (χ2v) is 6.36. The number of aliphatic hydroxyl groups excluding tert-OH is 1. The van der Waals surface area contributed by atoms with Gasteiger partial charge in [0, 0.05) is 19.5 Å². The summed E-state index contributed by atoms with van der Waals surface area (Å²) in [4.78, 5) is 0. The van der Waals surface area contributed by atoms with E-state index in [0.29, 0.717) is 19.5 Å². The summed E-state index contributed by atoms with van der Waals surface area (Å²) in [6, 6.07) is 6.98. The number of aliphatic hydroxyl groups is 1. The van der Waals surface area contributed by atoms with Crippen molar-refractivity contribution in [2.24, 2.45) is 0 Å². The van der Waals surface area contributed by atoms with Gasteiger partial charge in [0.1, 0.15) is 0 Å². The van der Waals surface area contributed by atoms with Gasteiger partial charge >= 0.3 is 0 Å². The molecule has 0 radical (unpaired) electrons. The lowest BCUT2D eigenvalue weighted by molar-refractivity contribution is 0.150. The molecule has 1 aliphatic rings. The lowest BCUT2D eigenvalue weighted by Gasteiger charge is -2.24. The van der Waals surface area contributed by atoms with Crippen molar-refractivity contribution in [2.75, 3.05) is 13.1 Å². The molecule has 0 amide bonds. The molecule has 1 aromatic carbocycles. The molecule has 19 heavy (non-hydrogen) atoms. The summed E-state index contributed by atoms with van der Waals surface area (Å²) in [6.45, 7) is 4.41. The van der Waals surface area contributed by atoms with Crippen LogP contribution in [0.5, 0.6) is 0 Å². The fourth-order valence-electron chi connectivity index (χ4n) is 2.51. The Kier molecular flexibility index (Phi) is 4.25. The van der Waals surface area contributed by atoms with Gasteiger partial charge in [-0.3, -0.25) is 0 Å². The summed E-state index contributed by atoms with van der Waals surface area (Å²) in [7, 11) is -3.56. The number of fused-ring (bicyclic) bond motifs is 1. The van der Waals surface area contributed by atoms with Gasteiger partial charge in [-0.15, -0.1) is 0 Å². The second kappa shape index (κ2) is 5.58. The van der Waals surface area contributed by atoms with Crippen LogP contribution in [0.2, 0.25) is 0 Å². The van der Waals surface area contributed by atoms with Crippen molar-refractivity contribution in [3.8, 4) is 0 Å². The standard InChI is InChI=1S/C13H20N2O3S/c1-3-15(4-2)19(17,18)14-13-11-8-6-5-7-10(11)9-12(13)16/h5-8,12-14,16H,3-4,9H2,1-2H3/t12-,13+/m0/s1. The smallest absolute Gasteiger partial charge is 0.280 e. The van der Waals surface area contributed by atoms with Crippen LogP contribution < -0.4 is 4.72 Å². The molecule has 0 spiro atoms. The van der Waals surface area contributed by atoms with Gasteiger partial charge in [-0.2, -0.15) is 17.4 Å². The third-order valence-electron chi connectivity index (χ3n) is 3.53. The van der Waals surface area contributed by atoms with E-state index in [1.165, 1.54) is 4.31 Å². The predicted octanol–water partition coefficient (Wildman–Crippen LogP) is 0.821. The van der Waals surface area contributed by atoms with Crippen molar-refractivity contribution in [1.82, 2.24) is 9.03 Å². The zero-order valence-corrected chi connectivity index (χ0v) is 12.0. The molecule has 0 bridgehead atoms. The molecule has 0 aromatic heterocycles. The van der Waals surface area contributed by atoms with Crippen LogP contribution in [0.25, 0.3) is 0 Å². The first-order valence-corrected chi connectivity index (χ1v) is 7.96. The Morgan fingerprint density at radius 2 is 1.95 bits per heavy atom. The average molecular weight is 284 g/mol. The van der Waals surface area contributed by atoms with Gasteiger partial charge in [0.15, 0.2) is 0 Å². The lowest BCUT2D eigenvalue weighted by atomic mass is 10.1. The van der Waals surface area contributed by atoms with Crippen molar-refractivity contribution in [3.05, 3.63) is 35.4 Å². The maximum absolute atomic E-state index is 12.2. The monoisotopic (exact) mass is 284 g/mol. The maximum atomic E-state index is 12.2. The highest BCUT2D eigenvalue weighted by molar-refractivity contribution is 7.87. The molecule has 0 aliphatic heterocycles. The minimum Gasteiger partial charge on any atom is -0.391 e. The fourth-order valence-corrected chi connectivity index (χ4v) is 3.95. The summed E-state index contributed by atoms with van der Waals surface area (Å²) in [6.07, 6.45) is -0.218.